The van der Waals surface area contributed by atoms with Gasteiger partial charge < -0.3 is 9.73 Å². The Labute approximate surface area is 180 Å². The molecule has 1 aliphatic heterocycles. The molecule has 150 valence electrons. The number of anilines is 1. The van der Waals surface area contributed by atoms with Gasteiger partial charge in [-0.25, -0.2) is 5.43 Å². The second-order valence-electron chi connectivity index (χ2n) is 6.29. The number of nitrogens with zero attached hydrogens (tertiary/aromatic N) is 2. The number of carbonyl (C=O) groups excluding carboxylic acids is 3. The number of carbonyl (C=O) groups is 3. The Morgan fingerprint density at radius 1 is 1.20 bits per heavy atom. The van der Waals surface area contributed by atoms with Gasteiger partial charge in [0.15, 0.2) is 16.8 Å². The van der Waals surface area contributed by atoms with Crippen molar-refractivity contribution in [1.29, 1.82) is 0 Å². The molecule has 1 aliphatic rings. The van der Waals surface area contributed by atoms with Crippen LogP contribution < -0.4 is 15.6 Å². The smallest absolute Gasteiger partial charge is 0.307 e. The third-order valence-electron chi connectivity index (χ3n) is 4.33. The van der Waals surface area contributed by atoms with Crippen LogP contribution in [0.15, 0.2) is 64.1 Å². The molecule has 1 fully saturated rings. The summed E-state index contributed by atoms with van der Waals surface area (Å²) in [5, 5.41) is 7.41. The van der Waals surface area contributed by atoms with E-state index in [4.69, 9.17) is 28.2 Å². The first-order chi connectivity index (χ1) is 14.4. The molecule has 3 aromatic rings. The van der Waals surface area contributed by atoms with Gasteiger partial charge in [0, 0.05) is 16.6 Å². The van der Waals surface area contributed by atoms with E-state index in [1.807, 2.05) is 6.07 Å². The van der Waals surface area contributed by atoms with E-state index >= 15 is 0 Å². The maximum absolute atomic E-state index is 12.8. The van der Waals surface area contributed by atoms with Gasteiger partial charge in [0.2, 0.25) is 5.91 Å². The lowest BCUT2D eigenvalue weighted by Gasteiger charge is -2.30. The second-order valence-corrected chi connectivity index (χ2v) is 7.11. The van der Waals surface area contributed by atoms with Crippen LogP contribution in [0.4, 0.5) is 5.69 Å². The van der Waals surface area contributed by atoms with Crippen molar-refractivity contribution in [2.24, 2.45) is 11.0 Å². The predicted molar refractivity (Wildman–Crippen MR) is 115 cm³/mol. The van der Waals surface area contributed by atoms with Crippen molar-refractivity contribution in [1.82, 2.24) is 10.7 Å². The van der Waals surface area contributed by atoms with Gasteiger partial charge >= 0.3 is 5.91 Å². The van der Waals surface area contributed by atoms with Crippen LogP contribution >= 0.6 is 23.8 Å². The zero-order chi connectivity index (χ0) is 21.3. The van der Waals surface area contributed by atoms with Gasteiger partial charge in [0.1, 0.15) is 5.58 Å². The first-order valence-corrected chi connectivity index (χ1v) is 9.49. The van der Waals surface area contributed by atoms with Crippen molar-refractivity contribution in [2.75, 3.05) is 4.90 Å². The van der Waals surface area contributed by atoms with Crippen LogP contribution in [0.1, 0.15) is 10.6 Å². The van der Waals surface area contributed by atoms with E-state index in [0.29, 0.717) is 16.3 Å². The Balaban J connectivity index is 1.49. The van der Waals surface area contributed by atoms with Crippen LogP contribution in [0.25, 0.3) is 11.0 Å². The van der Waals surface area contributed by atoms with Crippen molar-refractivity contribution in [3.8, 4) is 0 Å². The maximum Gasteiger partial charge on any atom is 0.307 e. The van der Waals surface area contributed by atoms with Crippen molar-refractivity contribution in [3.05, 3.63) is 65.4 Å². The van der Waals surface area contributed by atoms with E-state index in [0.717, 1.165) is 11.6 Å². The molecule has 1 aromatic heterocycles. The normalized spacial score (nSPS) is 16.9. The summed E-state index contributed by atoms with van der Waals surface area (Å²) in [5.41, 5.74) is 3.26. The van der Waals surface area contributed by atoms with E-state index in [-0.39, 0.29) is 10.9 Å². The Bertz CT molecular complexity index is 1170. The summed E-state index contributed by atoms with van der Waals surface area (Å²) < 4.78 is 5.44. The standard InChI is InChI=1S/C20H13ClN4O4S/c21-12-5-7-13(8-6-12)25-19(28)14(17(26)23-20(25)30)10-22-24-18(27)16-9-11-3-1-2-4-15(11)29-16/h1-10,14H,(H,24,27)(H,23,26,30)/b22-10+/t14-/m1/s1. The number of hydrogen-bond donors (Lipinski definition) is 2. The number of furan rings is 1. The third kappa shape index (κ3) is 3.80. The minimum atomic E-state index is -1.27. The summed E-state index contributed by atoms with van der Waals surface area (Å²) in [6.45, 7) is 0. The average Bonchev–Trinajstić information content (AvgIpc) is 3.16. The average molecular weight is 441 g/mol. The Morgan fingerprint density at radius 3 is 2.67 bits per heavy atom. The highest BCUT2D eigenvalue weighted by Crippen LogP contribution is 2.22. The molecular formula is C20H13ClN4O4S. The molecule has 0 spiro atoms. The molecule has 1 atom stereocenters. The fourth-order valence-corrected chi connectivity index (χ4v) is 3.30. The number of hydrogen-bond acceptors (Lipinski definition) is 6. The number of fused-ring (bicyclic) bond motifs is 1. The zero-order valence-electron chi connectivity index (χ0n) is 15.2. The van der Waals surface area contributed by atoms with E-state index < -0.39 is 23.6 Å². The number of hydrazone groups is 1. The molecule has 0 unspecified atom stereocenters. The van der Waals surface area contributed by atoms with Gasteiger partial charge in [-0.05, 0) is 48.6 Å². The number of amides is 3. The largest absolute Gasteiger partial charge is 0.451 e. The van der Waals surface area contributed by atoms with Crippen LogP contribution in [-0.4, -0.2) is 29.0 Å². The fourth-order valence-electron chi connectivity index (χ4n) is 2.88. The minimum Gasteiger partial charge on any atom is -0.451 e. The molecule has 0 bridgehead atoms. The van der Waals surface area contributed by atoms with Gasteiger partial charge in [-0.15, -0.1) is 0 Å². The van der Waals surface area contributed by atoms with Crippen LogP contribution in [0.2, 0.25) is 5.02 Å². The van der Waals surface area contributed by atoms with Crippen LogP contribution in [-0.2, 0) is 9.59 Å². The Hall–Kier alpha value is -3.56. The van der Waals surface area contributed by atoms with Gasteiger partial charge in [-0.1, -0.05) is 29.8 Å². The third-order valence-corrected chi connectivity index (χ3v) is 4.86. The molecule has 2 heterocycles. The monoisotopic (exact) mass is 440 g/mol. The minimum absolute atomic E-state index is 0.0525. The first kappa shape index (κ1) is 19.7. The molecule has 0 saturated carbocycles. The molecule has 10 heteroatoms. The van der Waals surface area contributed by atoms with Gasteiger partial charge in [0.05, 0.1) is 5.69 Å². The lowest BCUT2D eigenvalue weighted by Crippen LogP contribution is -2.58. The molecular weight excluding hydrogens is 428 g/mol. The topological polar surface area (TPSA) is 104 Å². The molecule has 4 rings (SSSR count). The molecule has 30 heavy (non-hydrogen) atoms. The SMILES string of the molecule is O=C(N/N=C/[C@@H]1C(=O)NC(=S)N(c2ccc(Cl)cc2)C1=O)c1cc2ccccc2o1. The Kier molecular flexibility index (Phi) is 5.30. The van der Waals surface area contributed by atoms with Crippen molar-refractivity contribution >= 4 is 69.5 Å². The number of para-hydroxylation sites is 1. The van der Waals surface area contributed by atoms with Gasteiger partial charge in [-0.2, -0.15) is 5.10 Å². The van der Waals surface area contributed by atoms with E-state index in [1.54, 1.807) is 48.5 Å². The quantitative estimate of drug-likeness (QED) is 0.281. The van der Waals surface area contributed by atoms with E-state index in [9.17, 15) is 14.4 Å². The van der Waals surface area contributed by atoms with Crippen molar-refractivity contribution < 1.29 is 18.8 Å². The van der Waals surface area contributed by atoms with E-state index in [1.165, 1.54) is 4.90 Å². The fraction of sp³-hybridized carbons (Fsp3) is 0.0500. The highest BCUT2D eigenvalue weighted by atomic mass is 35.5. The van der Waals surface area contributed by atoms with Crippen LogP contribution in [0.5, 0.6) is 0 Å². The maximum atomic E-state index is 12.8. The van der Waals surface area contributed by atoms with Crippen LogP contribution in [0.3, 0.4) is 0 Å². The second kappa shape index (κ2) is 8.05. The van der Waals surface area contributed by atoms with Crippen molar-refractivity contribution in [2.45, 2.75) is 0 Å². The molecule has 3 amide bonds. The summed E-state index contributed by atoms with van der Waals surface area (Å²) >= 11 is 11.0. The molecule has 2 N–H and O–H groups in total. The summed E-state index contributed by atoms with van der Waals surface area (Å²) in [6, 6.07) is 15.1. The number of rotatable bonds is 4. The molecule has 8 nitrogen and oxygen atoms in total. The van der Waals surface area contributed by atoms with Gasteiger partial charge in [0.25, 0.3) is 5.91 Å². The first-order valence-electron chi connectivity index (χ1n) is 8.70. The summed E-state index contributed by atoms with van der Waals surface area (Å²) in [7, 11) is 0. The van der Waals surface area contributed by atoms with Crippen LogP contribution in [0, 0.1) is 5.92 Å². The number of thiocarbonyl (C=S) groups is 1. The van der Waals surface area contributed by atoms with E-state index in [2.05, 4.69) is 15.8 Å². The summed E-state index contributed by atoms with van der Waals surface area (Å²) in [4.78, 5) is 38.4. The van der Waals surface area contributed by atoms with Gasteiger partial charge in [-0.3, -0.25) is 19.3 Å². The lowest BCUT2D eigenvalue weighted by molar-refractivity contribution is -0.130. The predicted octanol–water partition coefficient (Wildman–Crippen LogP) is 2.87. The number of benzene rings is 2. The highest BCUT2D eigenvalue weighted by Gasteiger charge is 2.38. The number of nitrogens with one attached hydrogen (secondary N) is 2. The molecule has 1 saturated heterocycles. The summed E-state index contributed by atoms with van der Waals surface area (Å²) in [6.07, 6.45) is 1.04. The summed E-state index contributed by atoms with van der Waals surface area (Å²) in [5.74, 6) is -3.08. The van der Waals surface area contributed by atoms with Crippen molar-refractivity contribution in [3.63, 3.8) is 0 Å². The lowest BCUT2D eigenvalue weighted by atomic mass is 10.1. The molecule has 0 aliphatic carbocycles. The molecule has 2 aromatic carbocycles. The highest BCUT2D eigenvalue weighted by molar-refractivity contribution is 7.80. The Morgan fingerprint density at radius 2 is 1.93 bits per heavy atom. The number of halogens is 1. The zero-order valence-corrected chi connectivity index (χ0v) is 16.7. The molecule has 0 radical (unpaired) electrons.